The summed E-state index contributed by atoms with van der Waals surface area (Å²) in [4.78, 5) is 10.6. The van der Waals surface area contributed by atoms with E-state index >= 15 is 0 Å². The number of aliphatic carboxylic acids is 1. The Labute approximate surface area is 163 Å². The first-order valence-electron chi connectivity index (χ1n) is 10.4. The van der Waals surface area contributed by atoms with Gasteiger partial charge in [-0.2, -0.15) is 0 Å². The molecule has 0 aromatic carbocycles. The Morgan fingerprint density at radius 1 is 1.15 bits per heavy atom. The van der Waals surface area contributed by atoms with E-state index in [9.17, 15) is 20.1 Å². The Balaban J connectivity index is 2.61. The fourth-order valence-electron chi connectivity index (χ4n) is 3.75. The molecule has 5 heteroatoms. The van der Waals surface area contributed by atoms with E-state index in [1.54, 1.807) is 6.08 Å². The van der Waals surface area contributed by atoms with Crippen LogP contribution in [0.2, 0.25) is 0 Å². The van der Waals surface area contributed by atoms with Crippen LogP contribution >= 0.6 is 0 Å². The van der Waals surface area contributed by atoms with Crippen molar-refractivity contribution in [1.82, 2.24) is 0 Å². The molecule has 1 unspecified atom stereocenters. The highest BCUT2D eigenvalue weighted by atomic mass is 16.4. The second-order valence-electron chi connectivity index (χ2n) is 8.18. The van der Waals surface area contributed by atoms with Gasteiger partial charge in [-0.05, 0) is 37.0 Å². The van der Waals surface area contributed by atoms with Gasteiger partial charge in [0, 0.05) is 18.8 Å². The van der Waals surface area contributed by atoms with Crippen LogP contribution in [-0.4, -0.2) is 44.7 Å². The Morgan fingerprint density at radius 3 is 2.48 bits per heavy atom. The zero-order chi connectivity index (χ0) is 20.4. The van der Waals surface area contributed by atoms with Crippen molar-refractivity contribution < 1.29 is 25.2 Å². The third-order valence-corrected chi connectivity index (χ3v) is 5.73. The number of carboxylic acids is 1. The Morgan fingerprint density at radius 2 is 1.85 bits per heavy atom. The van der Waals surface area contributed by atoms with Crippen molar-refractivity contribution in [3.63, 3.8) is 0 Å². The van der Waals surface area contributed by atoms with Crippen molar-refractivity contribution in [1.29, 1.82) is 0 Å². The van der Waals surface area contributed by atoms with E-state index in [0.29, 0.717) is 19.3 Å². The van der Waals surface area contributed by atoms with Crippen LogP contribution < -0.4 is 0 Å². The zero-order valence-electron chi connectivity index (χ0n) is 17.0. The third-order valence-electron chi connectivity index (χ3n) is 5.73. The van der Waals surface area contributed by atoms with Gasteiger partial charge >= 0.3 is 5.97 Å². The second-order valence-corrected chi connectivity index (χ2v) is 8.18. The first-order chi connectivity index (χ1) is 12.8. The highest BCUT2D eigenvalue weighted by Gasteiger charge is 2.39. The fraction of sp³-hybridized carbons (Fsp3) is 0.773. The van der Waals surface area contributed by atoms with Gasteiger partial charge in [0.2, 0.25) is 0 Å². The van der Waals surface area contributed by atoms with Crippen molar-refractivity contribution in [3.8, 4) is 0 Å². The summed E-state index contributed by atoms with van der Waals surface area (Å²) >= 11 is 0. The number of hydrogen-bond donors (Lipinski definition) is 4. The first-order valence-corrected chi connectivity index (χ1v) is 10.4. The van der Waals surface area contributed by atoms with Crippen LogP contribution in [0.3, 0.4) is 0 Å². The maximum absolute atomic E-state index is 10.6. The van der Waals surface area contributed by atoms with Crippen LogP contribution in [0.1, 0.15) is 65.7 Å². The minimum atomic E-state index is -0.790. The summed E-state index contributed by atoms with van der Waals surface area (Å²) in [6, 6.07) is 0. The van der Waals surface area contributed by atoms with Gasteiger partial charge < -0.3 is 20.4 Å². The van der Waals surface area contributed by atoms with Gasteiger partial charge in [-0.3, -0.25) is 4.79 Å². The first kappa shape index (κ1) is 23.9. The molecule has 0 saturated heterocycles. The van der Waals surface area contributed by atoms with Gasteiger partial charge in [-0.15, -0.1) is 0 Å². The van der Waals surface area contributed by atoms with Crippen LogP contribution in [-0.2, 0) is 4.79 Å². The maximum Gasteiger partial charge on any atom is 0.303 e. The standard InChI is InChI=1S/C22H38O5/c1-4-5-8-16(3)19(23)12-11-18-17(20(24)14-21(18)25)9-6-7-15(2)10-13-22(26)27/h6-7,11-12,15-21,23-25H,4-5,8-10,13-14H2,1-3H3,(H,26,27)/b7-6-,12-11+/t15?,16-,17-,18-,19-,20+,21-/m1/s1. The molecule has 1 aliphatic rings. The highest BCUT2D eigenvalue weighted by Crippen LogP contribution is 2.36. The normalized spacial score (nSPS) is 29.4. The van der Waals surface area contributed by atoms with E-state index < -0.39 is 24.3 Å². The predicted molar refractivity (Wildman–Crippen MR) is 107 cm³/mol. The summed E-state index contributed by atoms with van der Waals surface area (Å²) < 4.78 is 0. The van der Waals surface area contributed by atoms with Gasteiger partial charge in [-0.25, -0.2) is 0 Å². The van der Waals surface area contributed by atoms with E-state index in [1.807, 2.05) is 32.1 Å². The van der Waals surface area contributed by atoms with Gasteiger partial charge in [0.1, 0.15) is 0 Å². The van der Waals surface area contributed by atoms with Crippen LogP contribution in [0.15, 0.2) is 24.3 Å². The van der Waals surface area contributed by atoms with Crippen molar-refractivity contribution in [2.45, 2.75) is 84.0 Å². The Bertz CT molecular complexity index is 487. The molecule has 0 aromatic rings. The van der Waals surface area contributed by atoms with E-state index in [-0.39, 0.29) is 30.1 Å². The third kappa shape index (κ3) is 8.58. The number of carbonyl (C=O) groups is 1. The molecule has 4 N–H and O–H groups in total. The van der Waals surface area contributed by atoms with Crippen LogP contribution in [0, 0.1) is 23.7 Å². The van der Waals surface area contributed by atoms with Crippen LogP contribution in [0.25, 0.3) is 0 Å². The van der Waals surface area contributed by atoms with Crippen molar-refractivity contribution in [3.05, 3.63) is 24.3 Å². The summed E-state index contributed by atoms with van der Waals surface area (Å²) in [5.41, 5.74) is 0. The molecule has 0 spiro atoms. The summed E-state index contributed by atoms with van der Waals surface area (Å²) in [5.74, 6) is -0.705. The summed E-state index contributed by atoms with van der Waals surface area (Å²) in [6.45, 7) is 6.14. The average Bonchev–Trinajstić information content (AvgIpc) is 2.88. The molecular weight excluding hydrogens is 344 g/mol. The molecule has 0 radical (unpaired) electrons. The number of rotatable bonds is 12. The summed E-state index contributed by atoms with van der Waals surface area (Å²) in [5, 5.41) is 39.6. The Kier molecular flexibility index (Phi) is 10.9. The number of unbranched alkanes of at least 4 members (excludes halogenated alkanes) is 1. The van der Waals surface area contributed by atoms with Crippen LogP contribution in [0.4, 0.5) is 0 Å². The lowest BCUT2D eigenvalue weighted by Crippen LogP contribution is -2.21. The summed E-state index contributed by atoms with van der Waals surface area (Å²) in [6.07, 6.45) is 10.8. The molecular formula is C22H38O5. The van der Waals surface area contributed by atoms with Gasteiger partial charge in [0.25, 0.3) is 0 Å². The topological polar surface area (TPSA) is 98.0 Å². The maximum atomic E-state index is 10.6. The largest absolute Gasteiger partial charge is 0.481 e. The molecule has 27 heavy (non-hydrogen) atoms. The van der Waals surface area contributed by atoms with Crippen molar-refractivity contribution >= 4 is 5.97 Å². The molecule has 0 amide bonds. The minimum absolute atomic E-state index is 0.0858. The van der Waals surface area contributed by atoms with Gasteiger partial charge in [-0.1, -0.05) is 57.9 Å². The Hall–Kier alpha value is -1.17. The zero-order valence-corrected chi connectivity index (χ0v) is 17.0. The van der Waals surface area contributed by atoms with Crippen molar-refractivity contribution in [2.75, 3.05) is 0 Å². The van der Waals surface area contributed by atoms with E-state index in [2.05, 4.69) is 6.92 Å². The number of aliphatic hydroxyl groups excluding tert-OH is 3. The molecule has 0 heterocycles. The SMILES string of the molecule is CCCC[C@@H](C)[C@H](O)/C=C/[C@@H]1[C@@H](C/C=C\C(C)CCC(=O)O)[C@@H](O)C[C@H]1O. The predicted octanol–water partition coefficient (Wildman–Crippen LogP) is 3.53. The average molecular weight is 383 g/mol. The molecule has 1 fully saturated rings. The lowest BCUT2D eigenvalue weighted by atomic mass is 9.88. The van der Waals surface area contributed by atoms with E-state index in [4.69, 9.17) is 5.11 Å². The molecule has 5 nitrogen and oxygen atoms in total. The lowest BCUT2D eigenvalue weighted by Gasteiger charge is -2.21. The fourth-order valence-corrected chi connectivity index (χ4v) is 3.75. The molecule has 0 bridgehead atoms. The van der Waals surface area contributed by atoms with Crippen LogP contribution in [0.5, 0.6) is 0 Å². The molecule has 7 atom stereocenters. The van der Waals surface area contributed by atoms with Gasteiger partial charge in [0.15, 0.2) is 0 Å². The molecule has 156 valence electrons. The van der Waals surface area contributed by atoms with Gasteiger partial charge in [0.05, 0.1) is 18.3 Å². The number of aliphatic hydroxyl groups is 3. The molecule has 0 aromatic heterocycles. The molecule has 1 rings (SSSR count). The number of allylic oxidation sites excluding steroid dienone is 2. The van der Waals surface area contributed by atoms with E-state index in [0.717, 1.165) is 19.3 Å². The molecule has 0 aliphatic heterocycles. The molecule has 1 saturated carbocycles. The van der Waals surface area contributed by atoms with E-state index in [1.165, 1.54) is 0 Å². The lowest BCUT2D eigenvalue weighted by molar-refractivity contribution is -0.137. The summed E-state index contributed by atoms with van der Waals surface area (Å²) in [7, 11) is 0. The number of carboxylic acid groups (broad SMARTS) is 1. The minimum Gasteiger partial charge on any atom is -0.481 e. The second kappa shape index (κ2) is 12.3. The monoisotopic (exact) mass is 382 g/mol. The highest BCUT2D eigenvalue weighted by molar-refractivity contribution is 5.66. The smallest absolute Gasteiger partial charge is 0.303 e. The van der Waals surface area contributed by atoms with Crippen molar-refractivity contribution in [2.24, 2.45) is 23.7 Å². The molecule has 1 aliphatic carbocycles. The quantitative estimate of drug-likeness (QED) is 0.387. The number of hydrogen-bond acceptors (Lipinski definition) is 4.